The molecule has 0 amide bonds. The van der Waals surface area contributed by atoms with E-state index < -0.39 is 0 Å². The molecule has 1 atom stereocenters. The lowest BCUT2D eigenvalue weighted by atomic mass is 10.2. The van der Waals surface area contributed by atoms with Crippen LogP contribution in [0.2, 0.25) is 0 Å². The third kappa shape index (κ3) is 6.23. The second-order valence-corrected chi connectivity index (χ2v) is 2.68. The van der Waals surface area contributed by atoms with Crippen LogP contribution in [0.4, 0.5) is 0 Å². The molecule has 12 heavy (non-hydrogen) atoms. The molecule has 0 heterocycles. The lowest BCUT2D eigenvalue weighted by Gasteiger charge is -2.15. The predicted octanol–water partition coefficient (Wildman–Crippen LogP) is 3.09. The molecule has 0 fully saturated rings. The fourth-order valence-electron chi connectivity index (χ4n) is 1.04. The molecule has 0 spiro atoms. The summed E-state index contributed by atoms with van der Waals surface area (Å²) in [4.78, 5) is 0. The molecule has 72 valence electrons. The zero-order chi connectivity index (χ0) is 9.23. The smallest absolute Gasteiger partial charge is 0.198 e. The first-order valence-electron chi connectivity index (χ1n) is 4.73. The zero-order valence-corrected chi connectivity index (χ0v) is 8.21. The van der Waals surface area contributed by atoms with Crippen LogP contribution < -0.4 is 0 Å². The Balaban J connectivity index is 3.40. The van der Waals surface area contributed by atoms with Crippen LogP contribution in [0.1, 0.15) is 39.5 Å². The first-order valence-corrected chi connectivity index (χ1v) is 4.73. The number of hydrogen-bond acceptors (Lipinski definition) is 2. The molecular formula is C10H20O2. The van der Waals surface area contributed by atoms with E-state index in [1.807, 2.05) is 6.92 Å². The summed E-state index contributed by atoms with van der Waals surface area (Å²) in [5.74, 6) is 0. The van der Waals surface area contributed by atoms with E-state index in [4.69, 9.17) is 9.47 Å². The molecule has 0 aromatic heterocycles. The van der Waals surface area contributed by atoms with E-state index in [-0.39, 0.29) is 6.29 Å². The van der Waals surface area contributed by atoms with Gasteiger partial charge in [-0.3, -0.25) is 0 Å². The van der Waals surface area contributed by atoms with E-state index in [0.29, 0.717) is 6.61 Å². The SMILES string of the molecule is C=COC(CCCCC)OCC. The summed E-state index contributed by atoms with van der Waals surface area (Å²) in [6, 6.07) is 0. The summed E-state index contributed by atoms with van der Waals surface area (Å²) in [5.41, 5.74) is 0. The molecule has 0 saturated carbocycles. The van der Waals surface area contributed by atoms with Crippen molar-refractivity contribution in [3.63, 3.8) is 0 Å². The van der Waals surface area contributed by atoms with Crippen molar-refractivity contribution >= 4 is 0 Å². The molecule has 0 aromatic carbocycles. The standard InChI is InChI=1S/C10H20O2/c1-4-7-8-9-10(11-5-2)12-6-3/h5,10H,2,4,6-9H2,1,3H3. The summed E-state index contributed by atoms with van der Waals surface area (Å²) in [6.45, 7) is 8.36. The monoisotopic (exact) mass is 172 g/mol. The Morgan fingerprint density at radius 1 is 1.33 bits per heavy atom. The van der Waals surface area contributed by atoms with Gasteiger partial charge in [-0.05, 0) is 13.3 Å². The van der Waals surface area contributed by atoms with Gasteiger partial charge >= 0.3 is 0 Å². The van der Waals surface area contributed by atoms with Crippen LogP contribution in [0.5, 0.6) is 0 Å². The van der Waals surface area contributed by atoms with E-state index in [9.17, 15) is 0 Å². The minimum Gasteiger partial charge on any atom is -0.473 e. The molecule has 2 nitrogen and oxygen atoms in total. The maximum Gasteiger partial charge on any atom is 0.198 e. The van der Waals surface area contributed by atoms with Gasteiger partial charge in [0.25, 0.3) is 0 Å². The Bertz CT molecular complexity index is 102. The average molecular weight is 172 g/mol. The van der Waals surface area contributed by atoms with Crippen molar-refractivity contribution < 1.29 is 9.47 Å². The highest BCUT2D eigenvalue weighted by molar-refractivity contribution is 4.54. The van der Waals surface area contributed by atoms with Crippen molar-refractivity contribution in [3.8, 4) is 0 Å². The Morgan fingerprint density at radius 2 is 2.08 bits per heavy atom. The van der Waals surface area contributed by atoms with Crippen LogP contribution in [0.15, 0.2) is 12.8 Å². The van der Waals surface area contributed by atoms with E-state index in [1.165, 1.54) is 19.1 Å². The second-order valence-electron chi connectivity index (χ2n) is 2.68. The zero-order valence-electron chi connectivity index (χ0n) is 8.21. The van der Waals surface area contributed by atoms with Crippen LogP contribution in [-0.4, -0.2) is 12.9 Å². The first kappa shape index (κ1) is 11.5. The number of hydrogen-bond donors (Lipinski definition) is 0. The van der Waals surface area contributed by atoms with Crippen LogP contribution >= 0.6 is 0 Å². The maximum absolute atomic E-state index is 5.34. The number of rotatable bonds is 8. The highest BCUT2D eigenvalue weighted by Gasteiger charge is 2.05. The van der Waals surface area contributed by atoms with Crippen LogP contribution in [-0.2, 0) is 9.47 Å². The van der Waals surface area contributed by atoms with Crippen LogP contribution in [0.3, 0.4) is 0 Å². The molecule has 0 radical (unpaired) electrons. The van der Waals surface area contributed by atoms with Gasteiger partial charge in [-0.25, -0.2) is 0 Å². The van der Waals surface area contributed by atoms with Crippen molar-refractivity contribution in [2.24, 2.45) is 0 Å². The topological polar surface area (TPSA) is 18.5 Å². The van der Waals surface area contributed by atoms with Crippen molar-refractivity contribution in [2.45, 2.75) is 45.8 Å². The van der Waals surface area contributed by atoms with Gasteiger partial charge in [0.2, 0.25) is 0 Å². The normalized spacial score (nSPS) is 12.5. The van der Waals surface area contributed by atoms with E-state index in [2.05, 4.69) is 13.5 Å². The minimum absolute atomic E-state index is 0.0842. The molecule has 0 saturated heterocycles. The Kier molecular flexibility index (Phi) is 8.24. The fraction of sp³-hybridized carbons (Fsp3) is 0.800. The molecule has 1 unspecified atom stereocenters. The van der Waals surface area contributed by atoms with E-state index in [1.54, 1.807) is 0 Å². The van der Waals surface area contributed by atoms with Gasteiger partial charge in [-0.1, -0.05) is 26.3 Å². The van der Waals surface area contributed by atoms with Gasteiger partial charge in [0.1, 0.15) is 0 Å². The highest BCUT2D eigenvalue weighted by atomic mass is 16.7. The summed E-state index contributed by atoms with van der Waals surface area (Å²) in [7, 11) is 0. The predicted molar refractivity (Wildman–Crippen MR) is 50.8 cm³/mol. The Labute approximate surface area is 75.6 Å². The Morgan fingerprint density at radius 3 is 2.58 bits per heavy atom. The summed E-state index contributed by atoms with van der Waals surface area (Å²) in [6.07, 6.45) is 5.96. The first-order chi connectivity index (χ1) is 5.85. The molecule has 0 aliphatic heterocycles. The lowest BCUT2D eigenvalue weighted by Crippen LogP contribution is -2.14. The summed E-state index contributed by atoms with van der Waals surface area (Å²) < 4.78 is 10.5. The highest BCUT2D eigenvalue weighted by Crippen LogP contribution is 2.08. The van der Waals surface area contributed by atoms with Crippen molar-refractivity contribution in [1.82, 2.24) is 0 Å². The molecule has 0 aliphatic carbocycles. The number of ether oxygens (including phenoxy) is 2. The number of unbranched alkanes of at least 4 members (excludes halogenated alkanes) is 2. The van der Waals surface area contributed by atoms with Crippen LogP contribution in [0, 0.1) is 0 Å². The Hall–Kier alpha value is -0.500. The lowest BCUT2D eigenvalue weighted by molar-refractivity contribution is -0.106. The van der Waals surface area contributed by atoms with Crippen molar-refractivity contribution in [3.05, 3.63) is 12.8 Å². The quantitative estimate of drug-likeness (QED) is 0.318. The van der Waals surface area contributed by atoms with Gasteiger partial charge < -0.3 is 9.47 Å². The van der Waals surface area contributed by atoms with Gasteiger partial charge in [-0.2, -0.15) is 0 Å². The van der Waals surface area contributed by atoms with E-state index in [0.717, 1.165) is 12.8 Å². The molecule has 0 bridgehead atoms. The van der Waals surface area contributed by atoms with Gasteiger partial charge in [0.15, 0.2) is 6.29 Å². The van der Waals surface area contributed by atoms with Crippen molar-refractivity contribution in [1.29, 1.82) is 0 Å². The second kappa shape index (κ2) is 8.60. The van der Waals surface area contributed by atoms with Crippen LogP contribution in [0.25, 0.3) is 0 Å². The molecule has 0 rings (SSSR count). The fourth-order valence-corrected chi connectivity index (χ4v) is 1.04. The minimum atomic E-state index is -0.0842. The molecule has 0 aromatic rings. The molecule has 0 N–H and O–H groups in total. The summed E-state index contributed by atoms with van der Waals surface area (Å²) >= 11 is 0. The van der Waals surface area contributed by atoms with Crippen molar-refractivity contribution in [2.75, 3.05) is 6.61 Å². The maximum atomic E-state index is 5.34. The van der Waals surface area contributed by atoms with Gasteiger partial charge in [-0.15, -0.1) is 0 Å². The largest absolute Gasteiger partial charge is 0.473 e. The third-order valence-electron chi connectivity index (χ3n) is 1.64. The van der Waals surface area contributed by atoms with Gasteiger partial charge in [0.05, 0.1) is 6.26 Å². The molecule has 2 heteroatoms. The third-order valence-corrected chi connectivity index (χ3v) is 1.64. The van der Waals surface area contributed by atoms with E-state index >= 15 is 0 Å². The molecular weight excluding hydrogens is 152 g/mol. The van der Waals surface area contributed by atoms with Gasteiger partial charge in [0, 0.05) is 13.0 Å². The molecule has 0 aliphatic rings. The average Bonchev–Trinajstić information content (AvgIpc) is 2.06. The summed E-state index contributed by atoms with van der Waals surface area (Å²) in [5, 5.41) is 0.